The summed E-state index contributed by atoms with van der Waals surface area (Å²) in [6, 6.07) is 6.27. The molecule has 0 heterocycles. The number of nitrogens with one attached hydrogen (secondary N) is 1. The molecule has 2 rings (SSSR count). The van der Waals surface area contributed by atoms with Gasteiger partial charge in [0, 0.05) is 6.54 Å². The lowest BCUT2D eigenvalue weighted by Crippen LogP contribution is -2.24. The first-order chi connectivity index (χ1) is 8.79. The molecule has 1 aromatic carbocycles. The Morgan fingerprint density at radius 2 is 2.06 bits per heavy atom. The molecule has 1 aromatic rings. The Morgan fingerprint density at radius 1 is 1.28 bits per heavy atom. The quantitative estimate of drug-likeness (QED) is 0.883. The maximum atomic E-state index is 5.23. The normalized spacial score (nSPS) is 16.8. The largest absolute Gasteiger partial charge is 0.496 e. The summed E-state index contributed by atoms with van der Waals surface area (Å²) < 4.78 is 6.26. The second-order valence-electron chi connectivity index (χ2n) is 5.10. The third-order valence-corrected chi connectivity index (χ3v) is 4.32. The lowest BCUT2D eigenvalue weighted by molar-refractivity contribution is 0.342. The Labute approximate surface area is 118 Å². The van der Waals surface area contributed by atoms with Crippen LogP contribution >= 0.6 is 15.9 Å². The number of rotatable bonds is 5. The molecule has 0 aliphatic heterocycles. The van der Waals surface area contributed by atoms with E-state index in [1.807, 2.05) is 6.07 Å². The van der Waals surface area contributed by atoms with Gasteiger partial charge in [-0.2, -0.15) is 0 Å². The summed E-state index contributed by atoms with van der Waals surface area (Å²) in [7, 11) is 1.70. The van der Waals surface area contributed by atoms with Gasteiger partial charge in [0.25, 0.3) is 0 Å². The molecule has 0 bridgehead atoms. The topological polar surface area (TPSA) is 21.3 Å². The predicted octanol–water partition coefficient (Wildman–Crippen LogP) is 4.13. The van der Waals surface area contributed by atoms with E-state index in [0.717, 1.165) is 29.2 Å². The second kappa shape index (κ2) is 7.15. The minimum absolute atomic E-state index is 0.889. The highest BCUT2D eigenvalue weighted by Gasteiger charge is 2.12. The summed E-state index contributed by atoms with van der Waals surface area (Å²) in [5.74, 6) is 1.78. The van der Waals surface area contributed by atoms with Crippen LogP contribution in [0.5, 0.6) is 5.75 Å². The van der Waals surface area contributed by atoms with Crippen LogP contribution in [0.4, 0.5) is 0 Å². The maximum Gasteiger partial charge on any atom is 0.133 e. The fourth-order valence-corrected chi connectivity index (χ4v) is 3.22. The number of hydrogen-bond donors (Lipinski definition) is 1. The summed E-state index contributed by atoms with van der Waals surface area (Å²) in [5, 5.41) is 3.57. The Kier molecular flexibility index (Phi) is 5.51. The van der Waals surface area contributed by atoms with Crippen molar-refractivity contribution in [2.24, 2.45) is 5.92 Å². The van der Waals surface area contributed by atoms with E-state index in [-0.39, 0.29) is 0 Å². The van der Waals surface area contributed by atoms with Crippen molar-refractivity contribution in [3.63, 3.8) is 0 Å². The molecule has 1 saturated carbocycles. The van der Waals surface area contributed by atoms with Gasteiger partial charge < -0.3 is 10.1 Å². The molecule has 1 aliphatic carbocycles. The summed E-state index contributed by atoms with van der Waals surface area (Å²) in [6.07, 6.45) is 7.07. The van der Waals surface area contributed by atoms with Crippen LogP contribution in [-0.4, -0.2) is 13.7 Å². The number of benzene rings is 1. The van der Waals surface area contributed by atoms with Crippen molar-refractivity contribution in [3.8, 4) is 5.75 Å². The van der Waals surface area contributed by atoms with E-state index >= 15 is 0 Å². The molecule has 1 fully saturated rings. The van der Waals surface area contributed by atoms with Crippen molar-refractivity contribution in [2.45, 2.75) is 38.6 Å². The number of hydrogen-bond acceptors (Lipinski definition) is 2. The van der Waals surface area contributed by atoms with Crippen molar-refractivity contribution in [1.82, 2.24) is 5.32 Å². The van der Waals surface area contributed by atoms with E-state index in [2.05, 4.69) is 33.4 Å². The van der Waals surface area contributed by atoms with Gasteiger partial charge in [0.15, 0.2) is 0 Å². The smallest absolute Gasteiger partial charge is 0.133 e. The molecule has 0 unspecified atom stereocenters. The first kappa shape index (κ1) is 13.9. The predicted molar refractivity (Wildman–Crippen MR) is 79.0 cm³/mol. The summed E-state index contributed by atoms with van der Waals surface area (Å²) in [5.41, 5.74) is 1.30. The molecule has 18 heavy (non-hydrogen) atoms. The minimum atomic E-state index is 0.889. The van der Waals surface area contributed by atoms with Crippen LogP contribution in [0.25, 0.3) is 0 Å². The summed E-state index contributed by atoms with van der Waals surface area (Å²) in [4.78, 5) is 0. The van der Waals surface area contributed by atoms with Crippen LogP contribution in [-0.2, 0) is 6.54 Å². The summed E-state index contributed by atoms with van der Waals surface area (Å²) >= 11 is 3.52. The Bertz CT molecular complexity index is 375. The number of methoxy groups -OCH3 is 1. The van der Waals surface area contributed by atoms with Gasteiger partial charge in [-0.15, -0.1) is 0 Å². The van der Waals surface area contributed by atoms with Crippen molar-refractivity contribution in [2.75, 3.05) is 13.7 Å². The van der Waals surface area contributed by atoms with Gasteiger partial charge in [-0.1, -0.05) is 25.3 Å². The van der Waals surface area contributed by atoms with Crippen LogP contribution < -0.4 is 10.1 Å². The van der Waals surface area contributed by atoms with Crippen molar-refractivity contribution in [3.05, 3.63) is 28.2 Å². The molecule has 0 amide bonds. The molecule has 0 radical (unpaired) electrons. The number of halogens is 1. The van der Waals surface area contributed by atoms with Crippen LogP contribution in [0, 0.1) is 5.92 Å². The van der Waals surface area contributed by atoms with Gasteiger partial charge in [-0.3, -0.25) is 0 Å². The number of ether oxygens (including phenoxy) is 1. The molecule has 1 N–H and O–H groups in total. The van der Waals surface area contributed by atoms with Gasteiger partial charge in [-0.05, 0) is 58.9 Å². The molecule has 2 nitrogen and oxygen atoms in total. The van der Waals surface area contributed by atoms with Gasteiger partial charge >= 0.3 is 0 Å². The van der Waals surface area contributed by atoms with Crippen LogP contribution in [0.3, 0.4) is 0 Å². The third-order valence-electron chi connectivity index (χ3n) is 3.70. The van der Waals surface area contributed by atoms with Crippen LogP contribution in [0.15, 0.2) is 22.7 Å². The van der Waals surface area contributed by atoms with Crippen LogP contribution in [0.2, 0.25) is 0 Å². The van der Waals surface area contributed by atoms with Gasteiger partial charge in [0.2, 0.25) is 0 Å². The molecular weight excluding hydrogens is 290 g/mol. The molecule has 0 spiro atoms. The maximum absolute atomic E-state index is 5.23. The minimum Gasteiger partial charge on any atom is -0.496 e. The van der Waals surface area contributed by atoms with Gasteiger partial charge in [0.05, 0.1) is 11.6 Å². The van der Waals surface area contributed by atoms with E-state index in [1.54, 1.807) is 7.11 Å². The SMILES string of the molecule is COc1ccc(CNCC2CCCCC2)cc1Br. The van der Waals surface area contributed by atoms with E-state index in [9.17, 15) is 0 Å². The zero-order valence-corrected chi connectivity index (χ0v) is 12.6. The molecule has 0 saturated heterocycles. The average molecular weight is 312 g/mol. The average Bonchev–Trinajstić information content (AvgIpc) is 2.40. The monoisotopic (exact) mass is 311 g/mol. The second-order valence-corrected chi connectivity index (χ2v) is 5.96. The van der Waals surface area contributed by atoms with Gasteiger partial charge in [0.1, 0.15) is 5.75 Å². The van der Waals surface area contributed by atoms with E-state index in [1.165, 1.54) is 37.7 Å². The molecule has 3 heteroatoms. The Morgan fingerprint density at radius 3 is 2.72 bits per heavy atom. The highest BCUT2D eigenvalue weighted by molar-refractivity contribution is 9.10. The zero-order valence-electron chi connectivity index (χ0n) is 11.0. The molecule has 0 aromatic heterocycles. The molecule has 1 aliphatic rings. The van der Waals surface area contributed by atoms with Crippen molar-refractivity contribution < 1.29 is 4.74 Å². The third kappa shape index (κ3) is 3.99. The fraction of sp³-hybridized carbons (Fsp3) is 0.600. The van der Waals surface area contributed by atoms with E-state index in [4.69, 9.17) is 4.74 Å². The van der Waals surface area contributed by atoms with Gasteiger partial charge in [-0.25, -0.2) is 0 Å². The van der Waals surface area contributed by atoms with Crippen LogP contribution in [0.1, 0.15) is 37.7 Å². The van der Waals surface area contributed by atoms with Crippen molar-refractivity contribution in [1.29, 1.82) is 0 Å². The van der Waals surface area contributed by atoms with Crippen molar-refractivity contribution >= 4 is 15.9 Å². The highest BCUT2D eigenvalue weighted by atomic mass is 79.9. The van der Waals surface area contributed by atoms with E-state index in [0.29, 0.717) is 0 Å². The highest BCUT2D eigenvalue weighted by Crippen LogP contribution is 2.26. The standard InChI is InChI=1S/C15H22BrNO/c1-18-15-8-7-13(9-14(15)16)11-17-10-12-5-3-2-4-6-12/h7-9,12,17H,2-6,10-11H2,1H3. The van der Waals surface area contributed by atoms with E-state index < -0.39 is 0 Å². The fourth-order valence-electron chi connectivity index (χ4n) is 2.63. The lowest BCUT2D eigenvalue weighted by Gasteiger charge is -2.21. The summed E-state index contributed by atoms with van der Waals surface area (Å²) in [6.45, 7) is 2.10. The molecule has 100 valence electrons. The zero-order chi connectivity index (χ0) is 12.8. The molecular formula is C15H22BrNO. The Balaban J connectivity index is 1.77. The molecule has 0 atom stereocenters. The Hall–Kier alpha value is -0.540. The first-order valence-corrected chi connectivity index (χ1v) is 7.62. The lowest BCUT2D eigenvalue weighted by atomic mass is 9.89. The first-order valence-electron chi connectivity index (χ1n) is 6.82.